The Kier molecular flexibility index (Phi) is 4.80. The summed E-state index contributed by atoms with van der Waals surface area (Å²) in [6.07, 6.45) is 0.289. The van der Waals surface area contributed by atoms with Gasteiger partial charge in [-0.05, 0) is 43.2 Å². The lowest BCUT2D eigenvalue weighted by molar-refractivity contribution is -0.137. The molecule has 1 aromatic rings. The number of rotatable bonds is 6. The molecule has 0 bridgehead atoms. The summed E-state index contributed by atoms with van der Waals surface area (Å²) in [5.74, 6) is 0.897. The predicted octanol–water partition coefficient (Wildman–Crippen LogP) is 4.65. The number of aldehydes is 1. The molecule has 6 heteroatoms. The summed E-state index contributed by atoms with van der Waals surface area (Å²) in [6, 6.07) is 5.45. The quantitative estimate of drug-likeness (QED) is 0.696. The Bertz CT molecular complexity index is 665. The van der Waals surface area contributed by atoms with Crippen LogP contribution in [-0.2, 0) is 11.0 Å². The van der Waals surface area contributed by atoms with Crippen molar-refractivity contribution in [1.82, 2.24) is 4.90 Å². The lowest BCUT2D eigenvalue weighted by atomic mass is 10.1. The van der Waals surface area contributed by atoms with Crippen LogP contribution in [0.2, 0.25) is 0 Å². The van der Waals surface area contributed by atoms with E-state index in [0.717, 1.165) is 43.9 Å². The Morgan fingerprint density at radius 3 is 2.48 bits per heavy atom. The van der Waals surface area contributed by atoms with E-state index in [9.17, 15) is 18.0 Å². The Morgan fingerprint density at radius 2 is 1.92 bits per heavy atom. The normalized spacial score (nSPS) is 21.0. The van der Waals surface area contributed by atoms with Crippen LogP contribution >= 0.6 is 0 Å². The zero-order valence-electron chi connectivity index (χ0n) is 14.5. The summed E-state index contributed by atoms with van der Waals surface area (Å²) in [5.41, 5.74) is 0.262. The number of hydrogen-bond acceptors (Lipinski definition) is 3. The summed E-state index contributed by atoms with van der Waals surface area (Å²) in [5, 5.41) is 0. The molecule has 0 spiro atoms. The molecule has 0 N–H and O–H groups in total. The van der Waals surface area contributed by atoms with E-state index in [0.29, 0.717) is 11.8 Å². The van der Waals surface area contributed by atoms with Gasteiger partial charge in [0.1, 0.15) is 0 Å². The van der Waals surface area contributed by atoms with Crippen LogP contribution in [0.1, 0.15) is 38.7 Å². The number of alkyl halides is 3. The average Bonchev–Trinajstić information content (AvgIpc) is 3.29. The maximum atomic E-state index is 13.4. The number of allylic oxidation sites excluding steroid dienone is 1. The van der Waals surface area contributed by atoms with Crippen LogP contribution in [0.25, 0.3) is 0 Å². The molecule has 0 radical (unpaired) electrons. The predicted molar refractivity (Wildman–Crippen MR) is 90.7 cm³/mol. The zero-order chi connectivity index (χ0) is 18.2. The van der Waals surface area contributed by atoms with E-state index < -0.39 is 17.9 Å². The molecule has 3 rings (SSSR count). The fourth-order valence-electron chi connectivity index (χ4n) is 3.31. The monoisotopic (exact) mass is 352 g/mol. The van der Waals surface area contributed by atoms with Crippen LogP contribution in [0.3, 0.4) is 0 Å². The van der Waals surface area contributed by atoms with Crippen molar-refractivity contribution in [3.05, 3.63) is 41.7 Å². The van der Waals surface area contributed by atoms with Crippen LogP contribution in [0.15, 0.2) is 36.2 Å². The van der Waals surface area contributed by atoms with Gasteiger partial charge in [0.2, 0.25) is 0 Å². The number of nitrogens with zero attached hydrogens (tertiary/aromatic N) is 2. The van der Waals surface area contributed by atoms with Crippen molar-refractivity contribution in [3.8, 4) is 0 Å². The van der Waals surface area contributed by atoms with Gasteiger partial charge in [0.15, 0.2) is 12.5 Å². The maximum Gasteiger partial charge on any atom is 0.418 e. The van der Waals surface area contributed by atoms with E-state index in [-0.39, 0.29) is 5.69 Å². The lowest BCUT2D eigenvalue weighted by Crippen LogP contribution is -2.42. The molecule has 1 aliphatic carbocycles. The Hall–Kier alpha value is -1.98. The molecule has 1 heterocycles. The first-order valence-electron chi connectivity index (χ1n) is 8.68. The van der Waals surface area contributed by atoms with E-state index in [1.54, 1.807) is 12.3 Å². The smallest absolute Gasteiger partial charge is 0.347 e. The fraction of sp³-hybridized carbons (Fsp3) is 0.526. The van der Waals surface area contributed by atoms with Crippen LogP contribution in [-0.4, -0.2) is 23.9 Å². The van der Waals surface area contributed by atoms with Crippen molar-refractivity contribution < 1.29 is 18.0 Å². The van der Waals surface area contributed by atoms with Gasteiger partial charge >= 0.3 is 6.18 Å². The average molecular weight is 352 g/mol. The van der Waals surface area contributed by atoms with Crippen molar-refractivity contribution >= 4 is 12.0 Å². The molecule has 0 aromatic heterocycles. The molecule has 1 aliphatic heterocycles. The SMILES string of the molecule is CC(C)CC1=CN(c2ccccc2C(F)(F)F)C(C=O)N1CC1CC1. The Labute approximate surface area is 146 Å². The number of halogens is 3. The molecular weight excluding hydrogens is 329 g/mol. The summed E-state index contributed by atoms with van der Waals surface area (Å²) in [7, 11) is 0. The minimum atomic E-state index is -4.46. The lowest BCUT2D eigenvalue weighted by Gasteiger charge is -2.32. The number of carbonyl (C=O) groups excluding carboxylic acids is 1. The van der Waals surface area contributed by atoms with Crippen LogP contribution in [0, 0.1) is 11.8 Å². The van der Waals surface area contributed by atoms with Crippen molar-refractivity contribution in [2.45, 2.75) is 45.5 Å². The van der Waals surface area contributed by atoms with Crippen LogP contribution in [0.5, 0.6) is 0 Å². The molecule has 1 atom stereocenters. The summed E-state index contributed by atoms with van der Waals surface area (Å²) >= 11 is 0. The Balaban J connectivity index is 1.99. The first-order valence-corrected chi connectivity index (χ1v) is 8.68. The molecule has 1 saturated carbocycles. The molecule has 136 valence electrons. The molecule has 0 saturated heterocycles. The van der Waals surface area contributed by atoms with Gasteiger partial charge in [-0.3, -0.25) is 4.79 Å². The molecule has 0 amide bonds. The standard InChI is InChI=1S/C19H23F3N2O/c1-13(2)9-15-11-24(18(12-25)23(15)10-14-7-8-14)17-6-4-3-5-16(17)19(20,21)22/h3-6,11-14,18H,7-10H2,1-2H3. The maximum absolute atomic E-state index is 13.4. The van der Waals surface area contributed by atoms with Crippen LogP contribution < -0.4 is 4.90 Å². The second kappa shape index (κ2) is 6.73. The molecular formula is C19H23F3N2O. The third-order valence-corrected chi connectivity index (χ3v) is 4.64. The van der Waals surface area contributed by atoms with E-state index >= 15 is 0 Å². The largest absolute Gasteiger partial charge is 0.418 e. The van der Waals surface area contributed by atoms with Crippen molar-refractivity contribution in [1.29, 1.82) is 0 Å². The minimum Gasteiger partial charge on any atom is -0.347 e. The highest BCUT2D eigenvalue weighted by atomic mass is 19.4. The number of carbonyl (C=O) groups is 1. The Morgan fingerprint density at radius 1 is 1.24 bits per heavy atom. The van der Waals surface area contributed by atoms with Crippen molar-refractivity contribution in [2.75, 3.05) is 11.4 Å². The second-order valence-corrected chi connectivity index (χ2v) is 7.29. The van der Waals surface area contributed by atoms with Crippen LogP contribution in [0.4, 0.5) is 18.9 Å². The fourth-order valence-corrected chi connectivity index (χ4v) is 3.31. The molecule has 3 nitrogen and oxygen atoms in total. The zero-order valence-corrected chi connectivity index (χ0v) is 14.5. The van der Waals surface area contributed by atoms with Crippen molar-refractivity contribution in [3.63, 3.8) is 0 Å². The molecule has 25 heavy (non-hydrogen) atoms. The first kappa shape index (κ1) is 17.8. The topological polar surface area (TPSA) is 23.6 Å². The highest BCUT2D eigenvalue weighted by Crippen LogP contribution is 2.41. The van der Waals surface area contributed by atoms with E-state index in [1.165, 1.54) is 17.0 Å². The van der Waals surface area contributed by atoms with E-state index in [4.69, 9.17) is 0 Å². The van der Waals surface area contributed by atoms with Gasteiger partial charge in [0, 0.05) is 18.4 Å². The molecule has 1 unspecified atom stereocenters. The highest BCUT2D eigenvalue weighted by molar-refractivity contribution is 5.71. The summed E-state index contributed by atoms with van der Waals surface area (Å²) in [4.78, 5) is 15.3. The third-order valence-electron chi connectivity index (χ3n) is 4.64. The molecule has 1 aromatic carbocycles. The van der Waals surface area contributed by atoms with Crippen molar-refractivity contribution in [2.24, 2.45) is 11.8 Å². The highest BCUT2D eigenvalue weighted by Gasteiger charge is 2.40. The second-order valence-electron chi connectivity index (χ2n) is 7.29. The first-order chi connectivity index (χ1) is 11.8. The van der Waals surface area contributed by atoms with E-state index in [2.05, 4.69) is 13.8 Å². The van der Waals surface area contributed by atoms with Gasteiger partial charge in [-0.1, -0.05) is 26.0 Å². The van der Waals surface area contributed by atoms with Gasteiger partial charge in [0.25, 0.3) is 0 Å². The summed E-state index contributed by atoms with van der Waals surface area (Å²) in [6.45, 7) is 4.86. The number of hydrogen-bond donors (Lipinski definition) is 0. The van der Waals surface area contributed by atoms with Gasteiger partial charge in [-0.2, -0.15) is 13.2 Å². The van der Waals surface area contributed by atoms with Gasteiger partial charge in [-0.25, -0.2) is 0 Å². The van der Waals surface area contributed by atoms with E-state index in [1.807, 2.05) is 4.90 Å². The van der Waals surface area contributed by atoms with Gasteiger partial charge in [0.05, 0.1) is 11.3 Å². The third kappa shape index (κ3) is 3.83. The molecule has 2 aliphatic rings. The van der Waals surface area contributed by atoms with Gasteiger partial charge < -0.3 is 9.80 Å². The number of para-hydroxylation sites is 1. The number of benzene rings is 1. The minimum absolute atomic E-state index is 0.0339. The molecule has 1 fully saturated rings. The van der Waals surface area contributed by atoms with Gasteiger partial charge in [-0.15, -0.1) is 0 Å². The summed E-state index contributed by atoms with van der Waals surface area (Å²) < 4.78 is 40.2. The number of anilines is 1.